The average Bonchev–Trinajstić information content (AvgIpc) is 4.04. The van der Waals surface area contributed by atoms with Crippen molar-refractivity contribution in [2.75, 3.05) is 0 Å². The van der Waals surface area contributed by atoms with Gasteiger partial charge in [0, 0.05) is 43.5 Å². The highest BCUT2D eigenvalue weighted by molar-refractivity contribution is 7.69. The highest BCUT2D eigenvalue weighted by Gasteiger charge is 2.39. The predicted octanol–water partition coefficient (Wildman–Crippen LogP) is 8.33. The van der Waals surface area contributed by atoms with Gasteiger partial charge < -0.3 is 28.0 Å². The van der Waals surface area contributed by atoms with Crippen molar-refractivity contribution in [2.45, 2.75) is 52.9 Å². The predicted molar refractivity (Wildman–Crippen MR) is 205 cm³/mol. The second-order valence-electron chi connectivity index (χ2n) is 13.3. The fraction of sp³-hybridized carbons (Fsp3) is 0.182. The van der Waals surface area contributed by atoms with Gasteiger partial charge in [-0.1, -0.05) is 121 Å². The van der Waals surface area contributed by atoms with E-state index in [1.165, 1.54) is 22.3 Å². The first kappa shape index (κ1) is 32.3. The van der Waals surface area contributed by atoms with Crippen LogP contribution in [0.1, 0.15) is 44.5 Å². The fourth-order valence-electron chi connectivity index (χ4n) is 7.90. The summed E-state index contributed by atoms with van der Waals surface area (Å²) < 4.78 is 40.2. The average molecular weight is 723 g/mol. The van der Waals surface area contributed by atoms with Crippen LogP contribution in [0.15, 0.2) is 121 Å². The van der Waals surface area contributed by atoms with E-state index in [9.17, 15) is 0 Å². The van der Waals surface area contributed by atoms with Crippen molar-refractivity contribution in [2.24, 2.45) is 0 Å². The van der Waals surface area contributed by atoms with E-state index >= 15 is 0 Å². The van der Waals surface area contributed by atoms with E-state index in [4.69, 9.17) is 28.0 Å². The summed E-state index contributed by atoms with van der Waals surface area (Å²) in [5.74, 6) is 1.72. The summed E-state index contributed by atoms with van der Waals surface area (Å²) in [6, 6.07) is 42.3. The number of fused-ring (bicyclic) bond motifs is 6. The molecule has 0 aromatic heterocycles. The van der Waals surface area contributed by atoms with Gasteiger partial charge in [0.15, 0.2) is 16.3 Å². The molecule has 0 N–H and O–H groups in total. The molecule has 8 heteroatoms. The summed E-state index contributed by atoms with van der Waals surface area (Å²) in [6.45, 7) is 4.09. The summed E-state index contributed by atoms with van der Waals surface area (Å²) in [4.78, 5) is 0. The Hall–Kier alpha value is -4.38. The first-order chi connectivity index (χ1) is 25.8. The summed E-state index contributed by atoms with van der Waals surface area (Å²) in [5.41, 5.74) is 11.4. The van der Waals surface area contributed by atoms with Crippen LogP contribution in [0.3, 0.4) is 0 Å². The first-order valence-electron chi connectivity index (χ1n) is 17.7. The lowest BCUT2D eigenvalue weighted by atomic mass is 9.84. The highest BCUT2D eigenvalue weighted by atomic mass is 31.1. The molecule has 258 valence electrons. The molecule has 6 aromatic carbocycles. The maximum absolute atomic E-state index is 7.56. The maximum Gasteiger partial charge on any atom is 0.150 e. The molecule has 0 atom stereocenters. The van der Waals surface area contributed by atoms with Gasteiger partial charge in [0.05, 0.1) is 52.9 Å². The second kappa shape index (κ2) is 13.9. The van der Waals surface area contributed by atoms with Crippen LogP contribution in [0, 0.1) is 0 Å². The van der Waals surface area contributed by atoms with Gasteiger partial charge in [-0.3, -0.25) is 0 Å². The third kappa shape index (κ3) is 5.58. The fourth-order valence-corrected chi connectivity index (χ4v) is 11.5. The molecule has 0 amide bonds. The van der Waals surface area contributed by atoms with Gasteiger partial charge in [0.2, 0.25) is 0 Å². The number of hydrogen-bond donors (Lipinski definition) is 0. The topological polar surface area (TPSA) is 55.4 Å². The van der Waals surface area contributed by atoms with Gasteiger partial charge in [-0.2, -0.15) is 0 Å². The Kier molecular flexibility index (Phi) is 8.61. The molecule has 0 spiro atoms. The van der Waals surface area contributed by atoms with Crippen LogP contribution < -0.4 is 30.3 Å². The summed E-state index contributed by atoms with van der Waals surface area (Å²) in [6.07, 6.45) is 0. The molecule has 0 fully saturated rings. The Morgan fingerprint density at radius 1 is 0.308 bits per heavy atom. The minimum atomic E-state index is -1.25. The normalized spacial score (nSPS) is 15.5. The van der Waals surface area contributed by atoms with Crippen molar-refractivity contribution in [3.8, 4) is 22.6 Å². The van der Waals surface area contributed by atoms with Crippen LogP contribution in [0.25, 0.3) is 11.1 Å². The van der Waals surface area contributed by atoms with Crippen LogP contribution in [-0.4, -0.2) is 0 Å². The monoisotopic (exact) mass is 722 g/mol. The molecule has 0 saturated heterocycles. The molecule has 0 saturated carbocycles. The zero-order valence-corrected chi connectivity index (χ0v) is 30.3. The van der Waals surface area contributed by atoms with E-state index in [0.29, 0.717) is 52.9 Å². The molecule has 10 rings (SSSR count). The number of benzene rings is 6. The third-order valence-electron chi connectivity index (χ3n) is 10.3. The third-order valence-corrected chi connectivity index (χ3v) is 14.1. The maximum atomic E-state index is 7.56. The van der Waals surface area contributed by atoms with Crippen molar-refractivity contribution in [1.82, 2.24) is 0 Å². The van der Waals surface area contributed by atoms with E-state index in [2.05, 4.69) is 121 Å². The van der Waals surface area contributed by atoms with Gasteiger partial charge in [0.25, 0.3) is 0 Å². The molecule has 52 heavy (non-hydrogen) atoms. The standard InChI is InChI=1S/C44H36O6P2/c1-5-13-29(14-6-1)51(30-15-7-2-8-16-30)49-43-39-27-47-23-35(39)33-21-45-25-37(33)41(43)42-38-26-46-22-34(38)36-24-48-28-40(36)44(42)50-52(31-17-9-3-10-18-31)32-19-11-4-12-20-32/h1-20H,21-28H2. The van der Waals surface area contributed by atoms with Crippen LogP contribution >= 0.6 is 16.3 Å². The highest BCUT2D eigenvalue weighted by Crippen LogP contribution is 2.57. The summed E-state index contributed by atoms with van der Waals surface area (Å²) in [7, 11) is -2.49. The molecule has 6 nitrogen and oxygen atoms in total. The molecule has 0 bridgehead atoms. The molecular weight excluding hydrogens is 686 g/mol. The molecular formula is C44H36O6P2. The van der Waals surface area contributed by atoms with E-state index in [-0.39, 0.29) is 0 Å². The SMILES string of the molecule is c1ccc(P(Oc2c3c(c4c(c2-c2c5c(c6c(c2OP(c2ccccc2)c2ccccc2)COC6)COC5)COC4)COC3)c2ccccc2)cc1. The summed E-state index contributed by atoms with van der Waals surface area (Å²) >= 11 is 0. The van der Waals surface area contributed by atoms with Crippen molar-refractivity contribution in [3.05, 3.63) is 166 Å². The van der Waals surface area contributed by atoms with E-state index in [1.54, 1.807) is 0 Å². The zero-order valence-electron chi connectivity index (χ0n) is 28.5. The number of rotatable bonds is 9. The lowest BCUT2D eigenvalue weighted by Crippen LogP contribution is -2.18. The van der Waals surface area contributed by atoms with Gasteiger partial charge in [-0.25, -0.2) is 0 Å². The Labute approximate surface area is 305 Å². The zero-order chi connectivity index (χ0) is 34.4. The van der Waals surface area contributed by atoms with Crippen molar-refractivity contribution >= 4 is 37.5 Å². The molecule has 4 heterocycles. The van der Waals surface area contributed by atoms with E-state index in [0.717, 1.165) is 66.1 Å². The lowest BCUT2D eigenvalue weighted by molar-refractivity contribution is 0.126. The largest absolute Gasteiger partial charge is 0.463 e. The van der Waals surface area contributed by atoms with Gasteiger partial charge in [-0.05, 0) is 33.4 Å². The van der Waals surface area contributed by atoms with Crippen LogP contribution in [0.2, 0.25) is 0 Å². The van der Waals surface area contributed by atoms with E-state index < -0.39 is 16.3 Å². The van der Waals surface area contributed by atoms with Crippen molar-refractivity contribution < 1.29 is 28.0 Å². The Morgan fingerprint density at radius 2 is 0.558 bits per heavy atom. The minimum absolute atomic E-state index is 0.474. The second-order valence-corrected chi connectivity index (χ2v) is 16.9. The van der Waals surface area contributed by atoms with Gasteiger partial charge >= 0.3 is 0 Å². The van der Waals surface area contributed by atoms with Crippen molar-refractivity contribution in [3.63, 3.8) is 0 Å². The number of hydrogen-bond acceptors (Lipinski definition) is 6. The number of ether oxygens (including phenoxy) is 4. The summed E-state index contributed by atoms with van der Waals surface area (Å²) in [5, 5.41) is 4.57. The smallest absolute Gasteiger partial charge is 0.150 e. The van der Waals surface area contributed by atoms with E-state index in [1.807, 2.05) is 0 Å². The lowest BCUT2D eigenvalue weighted by Gasteiger charge is -2.29. The van der Waals surface area contributed by atoms with Crippen molar-refractivity contribution in [1.29, 1.82) is 0 Å². The van der Waals surface area contributed by atoms with Crippen LogP contribution in [-0.2, 0) is 71.8 Å². The molecule has 4 aliphatic heterocycles. The van der Waals surface area contributed by atoms with Crippen LogP contribution in [0.5, 0.6) is 11.5 Å². The van der Waals surface area contributed by atoms with Crippen LogP contribution in [0.4, 0.5) is 0 Å². The molecule has 0 unspecified atom stereocenters. The Bertz CT molecular complexity index is 2020. The minimum Gasteiger partial charge on any atom is -0.463 e. The Balaban J connectivity index is 1.25. The molecule has 0 aliphatic carbocycles. The molecule has 0 radical (unpaired) electrons. The Morgan fingerprint density at radius 3 is 0.865 bits per heavy atom. The first-order valence-corrected chi connectivity index (χ1v) is 20.2. The molecule has 6 aromatic rings. The molecule has 4 aliphatic rings. The van der Waals surface area contributed by atoms with Gasteiger partial charge in [-0.15, -0.1) is 0 Å². The van der Waals surface area contributed by atoms with Gasteiger partial charge in [0.1, 0.15) is 11.5 Å². The quantitative estimate of drug-likeness (QED) is 0.140.